The number of aryl methyl sites for hydroxylation is 3. The Kier molecular flexibility index (Phi) is 6.09. The van der Waals surface area contributed by atoms with Crippen molar-refractivity contribution < 1.29 is 9.53 Å². The van der Waals surface area contributed by atoms with Crippen LogP contribution in [0, 0.1) is 20.8 Å². The second-order valence-electron chi connectivity index (χ2n) is 6.80. The van der Waals surface area contributed by atoms with E-state index in [1.165, 1.54) is 22.9 Å². The minimum absolute atomic E-state index is 0.0939. The number of ether oxygens (including phenoxy) is 1. The van der Waals surface area contributed by atoms with Gasteiger partial charge in [-0.1, -0.05) is 23.9 Å². The number of rotatable bonds is 6. The molecule has 28 heavy (non-hydrogen) atoms. The van der Waals surface area contributed by atoms with Crippen LogP contribution in [0.15, 0.2) is 53.9 Å². The molecule has 3 rings (SSSR count). The molecule has 1 aromatic heterocycles. The highest BCUT2D eigenvalue weighted by Crippen LogP contribution is 2.29. The van der Waals surface area contributed by atoms with Gasteiger partial charge in [-0.3, -0.25) is 9.36 Å². The van der Waals surface area contributed by atoms with Gasteiger partial charge in [0.15, 0.2) is 5.16 Å². The number of hydrogen-bond donors (Lipinski definition) is 1. The molecule has 0 radical (unpaired) electrons. The van der Waals surface area contributed by atoms with Crippen LogP contribution in [0.5, 0.6) is 5.75 Å². The molecule has 0 aliphatic carbocycles. The number of amides is 1. The first-order valence-corrected chi connectivity index (χ1v) is 10.00. The van der Waals surface area contributed by atoms with Gasteiger partial charge in [-0.25, -0.2) is 4.98 Å². The lowest BCUT2D eigenvalue weighted by Crippen LogP contribution is -2.23. The molecule has 0 bridgehead atoms. The third-order valence-electron chi connectivity index (χ3n) is 4.64. The second-order valence-corrected chi connectivity index (χ2v) is 8.11. The molecule has 0 saturated carbocycles. The molecule has 1 atom stereocenters. The molecule has 6 heteroatoms. The summed E-state index contributed by atoms with van der Waals surface area (Å²) in [7, 11) is 1.60. The fourth-order valence-electron chi connectivity index (χ4n) is 2.81. The van der Waals surface area contributed by atoms with Gasteiger partial charge in [0.1, 0.15) is 5.75 Å². The van der Waals surface area contributed by atoms with Gasteiger partial charge < -0.3 is 10.1 Å². The van der Waals surface area contributed by atoms with E-state index in [2.05, 4.69) is 42.3 Å². The molecule has 0 aliphatic rings. The number of thioether (sulfide) groups is 1. The summed E-state index contributed by atoms with van der Waals surface area (Å²) in [6.45, 7) is 8.04. The van der Waals surface area contributed by atoms with E-state index in [0.717, 1.165) is 16.4 Å². The predicted molar refractivity (Wildman–Crippen MR) is 115 cm³/mol. The van der Waals surface area contributed by atoms with Crippen molar-refractivity contribution in [1.82, 2.24) is 9.55 Å². The van der Waals surface area contributed by atoms with Crippen molar-refractivity contribution in [3.05, 3.63) is 65.5 Å². The van der Waals surface area contributed by atoms with Gasteiger partial charge >= 0.3 is 0 Å². The van der Waals surface area contributed by atoms with Gasteiger partial charge in [0, 0.05) is 18.1 Å². The van der Waals surface area contributed by atoms with E-state index in [1.807, 2.05) is 42.8 Å². The van der Waals surface area contributed by atoms with Crippen LogP contribution in [-0.4, -0.2) is 27.8 Å². The van der Waals surface area contributed by atoms with Gasteiger partial charge in [-0.05, 0) is 68.7 Å². The molecule has 0 saturated heterocycles. The van der Waals surface area contributed by atoms with Gasteiger partial charge in [-0.2, -0.15) is 0 Å². The van der Waals surface area contributed by atoms with Crippen molar-refractivity contribution in [3.63, 3.8) is 0 Å². The number of aromatic nitrogens is 2. The smallest absolute Gasteiger partial charge is 0.237 e. The lowest BCUT2D eigenvalue weighted by atomic mass is 10.1. The maximum atomic E-state index is 12.7. The van der Waals surface area contributed by atoms with Crippen molar-refractivity contribution in [2.75, 3.05) is 12.4 Å². The van der Waals surface area contributed by atoms with Crippen molar-refractivity contribution in [2.45, 2.75) is 38.1 Å². The van der Waals surface area contributed by atoms with Crippen LogP contribution in [0.25, 0.3) is 5.69 Å². The first-order valence-electron chi connectivity index (χ1n) is 9.12. The SMILES string of the molecule is COc1ccc(C)cc1NC(=O)C(C)Sc1nccn1-c1ccc(C)c(C)c1. The van der Waals surface area contributed by atoms with Crippen molar-refractivity contribution in [1.29, 1.82) is 0 Å². The molecular weight excluding hydrogens is 370 g/mol. The van der Waals surface area contributed by atoms with Gasteiger partial charge in [0.25, 0.3) is 0 Å². The summed E-state index contributed by atoms with van der Waals surface area (Å²) in [6.07, 6.45) is 3.67. The molecule has 0 fully saturated rings. The predicted octanol–water partition coefficient (Wildman–Crippen LogP) is 4.93. The minimum Gasteiger partial charge on any atom is -0.495 e. The normalized spacial score (nSPS) is 11.9. The standard InChI is InChI=1S/C22H25N3O2S/c1-14-6-9-20(27-5)19(12-14)24-21(26)17(4)28-22-23-10-11-25(22)18-8-7-15(2)16(3)13-18/h6-13,17H,1-5H3,(H,24,26). The van der Waals surface area contributed by atoms with E-state index >= 15 is 0 Å². The molecule has 5 nitrogen and oxygen atoms in total. The zero-order valence-electron chi connectivity index (χ0n) is 16.8. The first-order chi connectivity index (χ1) is 13.4. The number of benzene rings is 2. The Bertz CT molecular complexity index is 997. The monoisotopic (exact) mass is 395 g/mol. The Morgan fingerprint density at radius 1 is 1.14 bits per heavy atom. The van der Waals surface area contributed by atoms with Crippen LogP contribution in [0.3, 0.4) is 0 Å². The Balaban J connectivity index is 1.76. The Morgan fingerprint density at radius 2 is 1.93 bits per heavy atom. The molecule has 3 aromatic rings. The number of anilines is 1. The summed E-state index contributed by atoms with van der Waals surface area (Å²) in [5.41, 5.74) is 5.24. The highest BCUT2D eigenvalue weighted by atomic mass is 32.2. The van der Waals surface area contributed by atoms with Crippen LogP contribution >= 0.6 is 11.8 Å². The van der Waals surface area contributed by atoms with Crippen molar-refractivity contribution >= 4 is 23.4 Å². The summed E-state index contributed by atoms with van der Waals surface area (Å²) in [5.74, 6) is 0.552. The third kappa shape index (κ3) is 4.39. The summed E-state index contributed by atoms with van der Waals surface area (Å²) in [6, 6.07) is 12.0. The number of nitrogens with one attached hydrogen (secondary N) is 1. The number of carbonyl (C=O) groups excluding carboxylic acids is 1. The lowest BCUT2D eigenvalue weighted by Gasteiger charge is -2.15. The van der Waals surface area contributed by atoms with Crippen LogP contribution in [-0.2, 0) is 4.79 Å². The van der Waals surface area contributed by atoms with Gasteiger partial charge in [0.2, 0.25) is 5.91 Å². The fourth-order valence-corrected chi connectivity index (χ4v) is 3.70. The zero-order valence-corrected chi connectivity index (χ0v) is 17.6. The molecule has 1 amide bonds. The molecular formula is C22H25N3O2S. The number of nitrogens with zero attached hydrogens (tertiary/aromatic N) is 2. The summed E-state index contributed by atoms with van der Waals surface area (Å²) < 4.78 is 7.35. The number of hydrogen-bond acceptors (Lipinski definition) is 4. The molecule has 0 spiro atoms. The lowest BCUT2D eigenvalue weighted by molar-refractivity contribution is -0.115. The highest BCUT2D eigenvalue weighted by molar-refractivity contribution is 8.00. The van der Waals surface area contributed by atoms with Crippen LogP contribution < -0.4 is 10.1 Å². The fraction of sp³-hybridized carbons (Fsp3) is 0.273. The van der Waals surface area contributed by atoms with Crippen molar-refractivity contribution in [2.24, 2.45) is 0 Å². The highest BCUT2D eigenvalue weighted by Gasteiger charge is 2.19. The van der Waals surface area contributed by atoms with E-state index in [0.29, 0.717) is 11.4 Å². The summed E-state index contributed by atoms with van der Waals surface area (Å²) in [4.78, 5) is 17.2. The number of carbonyl (C=O) groups is 1. The Morgan fingerprint density at radius 3 is 2.64 bits per heavy atom. The minimum atomic E-state index is -0.321. The van der Waals surface area contributed by atoms with E-state index in [4.69, 9.17) is 4.74 Å². The van der Waals surface area contributed by atoms with E-state index in [-0.39, 0.29) is 11.2 Å². The maximum absolute atomic E-state index is 12.7. The van der Waals surface area contributed by atoms with E-state index in [1.54, 1.807) is 13.3 Å². The third-order valence-corrected chi connectivity index (χ3v) is 5.72. The van der Waals surface area contributed by atoms with Crippen molar-refractivity contribution in [3.8, 4) is 11.4 Å². The molecule has 1 N–H and O–H groups in total. The largest absolute Gasteiger partial charge is 0.495 e. The molecule has 1 heterocycles. The zero-order chi connectivity index (χ0) is 20.3. The average molecular weight is 396 g/mol. The van der Waals surface area contributed by atoms with Gasteiger partial charge in [0.05, 0.1) is 18.0 Å². The molecule has 0 aliphatic heterocycles. The Labute approximate surface area is 170 Å². The van der Waals surface area contributed by atoms with E-state index < -0.39 is 0 Å². The average Bonchev–Trinajstić information content (AvgIpc) is 3.12. The first kappa shape index (κ1) is 20.0. The Hall–Kier alpha value is -2.73. The van der Waals surface area contributed by atoms with Crippen LogP contribution in [0.4, 0.5) is 5.69 Å². The number of imidazole rings is 1. The summed E-state index contributed by atoms with van der Waals surface area (Å²) >= 11 is 1.43. The van der Waals surface area contributed by atoms with Crippen LogP contribution in [0.2, 0.25) is 0 Å². The second kappa shape index (κ2) is 8.52. The molecule has 1 unspecified atom stereocenters. The molecule has 2 aromatic carbocycles. The number of methoxy groups -OCH3 is 1. The topological polar surface area (TPSA) is 56.1 Å². The van der Waals surface area contributed by atoms with E-state index in [9.17, 15) is 4.79 Å². The summed E-state index contributed by atoms with van der Waals surface area (Å²) in [5, 5.41) is 3.43. The van der Waals surface area contributed by atoms with Gasteiger partial charge in [-0.15, -0.1) is 0 Å². The molecule has 146 valence electrons. The quantitative estimate of drug-likeness (QED) is 0.602. The maximum Gasteiger partial charge on any atom is 0.237 e. The van der Waals surface area contributed by atoms with Crippen LogP contribution in [0.1, 0.15) is 23.6 Å².